The summed E-state index contributed by atoms with van der Waals surface area (Å²) in [5, 5.41) is 9.38. The standard InChI is InChI=1S/C19H24O2/c1-15(20)12-17-8-10-18(11-9-17)13-16(2)21-14-19-6-4-3-5-7-19/h3-11,15-16,20H,12-14H2,1-2H3/t15-,16-/m1/s1. The van der Waals surface area contributed by atoms with Gasteiger partial charge in [-0.25, -0.2) is 0 Å². The largest absolute Gasteiger partial charge is 0.393 e. The number of ether oxygens (including phenoxy) is 1. The first-order valence-electron chi connectivity index (χ1n) is 7.55. The van der Waals surface area contributed by atoms with E-state index < -0.39 is 0 Å². The lowest BCUT2D eigenvalue weighted by Crippen LogP contribution is -2.11. The predicted octanol–water partition coefficient (Wildman–Crippen LogP) is 3.76. The fourth-order valence-electron chi connectivity index (χ4n) is 2.36. The molecule has 2 aromatic carbocycles. The molecule has 112 valence electrons. The molecule has 0 fully saturated rings. The Balaban J connectivity index is 1.80. The molecule has 1 N–H and O–H groups in total. The van der Waals surface area contributed by atoms with Crippen LogP contribution in [0.3, 0.4) is 0 Å². The van der Waals surface area contributed by atoms with Gasteiger partial charge in [-0.15, -0.1) is 0 Å². The molecular formula is C19H24O2. The van der Waals surface area contributed by atoms with Gasteiger partial charge in [-0.05, 0) is 43.4 Å². The number of rotatable bonds is 7. The second-order valence-corrected chi connectivity index (χ2v) is 5.68. The number of hydrogen-bond donors (Lipinski definition) is 1. The van der Waals surface area contributed by atoms with E-state index in [2.05, 4.69) is 43.3 Å². The van der Waals surface area contributed by atoms with E-state index in [-0.39, 0.29) is 12.2 Å². The summed E-state index contributed by atoms with van der Waals surface area (Å²) in [6.07, 6.45) is 1.51. The summed E-state index contributed by atoms with van der Waals surface area (Å²) in [4.78, 5) is 0. The van der Waals surface area contributed by atoms with Crippen molar-refractivity contribution in [2.75, 3.05) is 0 Å². The Morgan fingerprint density at radius 1 is 0.810 bits per heavy atom. The van der Waals surface area contributed by atoms with Crippen molar-refractivity contribution in [1.29, 1.82) is 0 Å². The predicted molar refractivity (Wildman–Crippen MR) is 86.2 cm³/mol. The molecule has 0 aliphatic carbocycles. The van der Waals surface area contributed by atoms with Gasteiger partial charge in [-0.1, -0.05) is 54.6 Å². The van der Waals surface area contributed by atoms with E-state index in [0.29, 0.717) is 13.0 Å². The van der Waals surface area contributed by atoms with Crippen LogP contribution >= 0.6 is 0 Å². The molecule has 2 rings (SSSR count). The minimum Gasteiger partial charge on any atom is -0.393 e. The summed E-state index contributed by atoms with van der Waals surface area (Å²) < 4.78 is 5.89. The van der Waals surface area contributed by atoms with Crippen LogP contribution in [0.5, 0.6) is 0 Å². The van der Waals surface area contributed by atoms with E-state index in [1.54, 1.807) is 0 Å². The van der Waals surface area contributed by atoms with Crippen LogP contribution in [-0.2, 0) is 24.2 Å². The normalized spacial score (nSPS) is 13.9. The van der Waals surface area contributed by atoms with Crippen LogP contribution in [-0.4, -0.2) is 17.3 Å². The molecule has 2 nitrogen and oxygen atoms in total. The molecule has 0 aliphatic rings. The average Bonchev–Trinajstić information content (AvgIpc) is 2.48. The van der Waals surface area contributed by atoms with Gasteiger partial charge in [0, 0.05) is 0 Å². The number of aliphatic hydroxyl groups excluding tert-OH is 1. The van der Waals surface area contributed by atoms with Gasteiger partial charge in [0.25, 0.3) is 0 Å². The fraction of sp³-hybridized carbons (Fsp3) is 0.368. The topological polar surface area (TPSA) is 29.5 Å². The van der Waals surface area contributed by atoms with Crippen LogP contribution < -0.4 is 0 Å². The summed E-state index contributed by atoms with van der Waals surface area (Å²) in [5.74, 6) is 0. The Kier molecular flexibility index (Phi) is 5.97. The highest BCUT2D eigenvalue weighted by Crippen LogP contribution is 2.11. The summed E-state index contributed by atoms with van der Waals surface area (Å²) in [7, 11) is 0. The minimum absolute atomic E-state index is 0.188. The molecule has 2 aromatic rings. The molecule has 2 atom stereocenters. The molecule has 0 radical (unpaired) electrons. The Morgan fingerprint density at radius 3 is 1.95 bits per heavy atom. The number of aliphatic hydroxyl groups is 1. The first-order chi connectivity index (χ1) is 10.1. The molecule has 0 saturated carbocycles. The zero-order valence-corrected chi connectivity index (χ0v) is 12.8. The SMILES string of the molecule is C[C@H](Cc1ccc(C[C@@H](C)O)cc1)OCc1ccccc1. The maximum absolute atomic E-state index is 9.38. The Morgan fingerprint density at radius 2 is 1.38 bits per heavy atom. The quantitative estimate of drug-likeness (QED) is 0.839. The van der Waals surface area contributed by atoms with E-state index in [0.717, 1.165) is 6.42 Å². The maximum Gasteiger partial charge on any atom is 0.0720 e. The summed E-state index contributed by atoms with van der Waals surface area (Å²) in [5.41, 5.74) is 3.65. The highest BCUT2D eigenvalue weighted by molar-refractivity contribution is 5.23. The summed E-state index contributed by atoms with van der Waals surface area (Å²) >= 11 is 0. The first kappa shape index (κ1) is 15.7. The molecule has 0 unspecified atom stereocenters. The first-order valence-corrected chi connectivity index (χ1v) is 7.55. The second-order valence-electron chi connectivity index (χ2n) is 5.68. The Labute approximate surface area is 127 Å². The fourth-order valence-corrected chi connectivity index (χ4v) is 2.36. The third kappa shape index (κ3) is 5.70. The molecule has 0 spiro atoms. The minimum atomic E-state index is -0.288. The van der Waals surface area contributed by atoms with E-state index >= 15 is 0 Å². The van der Waals surface area contributed by atoms with Crippen molar-refractivity contribution >= 4 is 0 Å². The zero-order valence-electron chi connectivity index (χ0n) is 12.8. The second kappa shape index (κ2) is 7.96. The Hall–Kier alpha value is -1.64. The highest BCUT2D eigenvalue weighted by Gasteiger charge is 2.05. The van der Waals surface area contributed by atoms with Gasteiger partial charge in [-0.3, -0.25) is 0 Å². The number of benzene rings is 2. The van der Waals surface area contributed by atoms with Gasteiger partial charge in [-0.2, -0.15) is 0 Å². The number of hydrogen-bond acceptors (Lipinski definition) is 2. The molecule has 0 saturated heterocycles. The van der Waals surface area contributed by atoms with Crippen LogP contribution in [0.25, 0.3) is 0 Å². The van der Waals surface area contributed by atoms with Gasteiger partial charge in [0.2, 0.25) is 0 Å². The molecule has 0 amide bonds. The lowest BCUT2D eigenvalue weighted by atomic mass is 10.0. The molecular weight excluding hydrogens is 260 g/mol. The Bertz CT molecular complexity index is 517. The van der Waals surface area contributed by atoms with Crippen LogP contribution in [0, 0.1) is 0 Å². The van der Waals surface area contributed by atoms with Gasteiger partial charge in [0.05, 0.1) is 18.8 Å². The van der Waals surface area contributed by atoms with Gasteiger partial charge < -0.3 is 9.84 Å². The lowest BCUT2D eigenvalue weighted by Gasteiger charge is -2.14. The molecule has 0 aliphatic heterocycles. The van der Waals surface area contributed by atoms with E-state index in [4.69, 9.17) is 4.74 Å². The van der Waals surface area contributed by atoms with Crippen molar-refractivity contribution in [1.82, 2.24) is 0 Å². The molecule has 0 heterocycles. The van der Waals surface area contributed by atoms with Gasteiger partial charge in [0.1, 0.15) is 0 Å². The van der Waals surface area contributed by atoms with Crippen LogP contribution in [0.15, 0.2) is 54.6 Å². The molecule has 21 heavy (non-hydrogen) atoms. The van der Waals surface area contributed by atoms with E-state index in [1.165, 1.54) is 16.7 Å². The van der Waals surface area contributed by atoms with Crippen LogP contribution in [0.1, 0.15) is 30.5 Å². The average molecular weight is 284 g/mol. The molecule has 0 aromatic heterocycles. The van der Waals surface area contributed by atoms with Crippen molar-refractivity contribution in [3.8, 4) is 0 Å². The van der Waals surface area contributed by atoms with Crippen molar-refractivity contribution < 1.29 is 9.84 Å². The smallest absolute Gasteiger partial charge is 0.0720 e. The summed E-state index contributed by atoms with van der Waals surface area (Å²) in [6.45, 7) is 4.57. The van der Waals surface area contributed by atoms with Gasteiger partial charge in [0.15, 0.2) is 0 Å². The van der Waals surface area contributed by atoms with Gasteiger partial charge >= 0.3 is 0 Å². The highest BCUT2D eigenvalue weighted by atomic mass is 16.5. The zero-order chi connectivity index (χ0) is 15.1. The third-order valence-electron chi connectivity index (χ3n) is 3.45. The third-order valence-corrected chi connectivity index (χ3v) is 3.45. The lowest BCUT2D eigenvalue weighted by molar-refractivity contribution is 0.0535. The maximum atomic E-state index is 9.38. The van der Waals surface area contributed by atoms with Crippen LogP contribution in [0.4, 0.5) is 0 Å². The van der Waals surface area contributed by atoms with E-state index in [9.17, 15) is 5.11 Å². The van der Waals surface area contributed by atoms with Crippen LogP contribution in [0.2, 0.25) is 0 Å². The van der Waals surface area contributed by atoms with E-state index in [1.807, 2.05) is 25.1 Å². The van der Waals surface area contributed by atoms with Crippen molar-refractivity contribution in [2.24, 2.45) is 0 Å². The molecule has 0 bridgehead atoms. The van der Waals surface area contributed by atoms with Crippen molar-refractivity contribution in [2.45, 2.75) is 45.5 Å². The summed E-state index contributed by atoms with van der Waals surface area (Å²) in [6, 6.07) is 18.7. The van der Waals surface area contributed by atoms with Crippen molar-refractivity contribution in [3.05, 3.63) is 71.3 Å². The monoisotopic (exact) mass is 284 g/mol. The molecule has 2 heteroatoms. The van der Waals surface area contributed by atoms with Crippen molar-refractivity contribution in [3.63, 3.8) is 0 Å².